The van der Waals surface area contributed by atoms with Crippen molar-refractivity contribution in [3.63, 3.8) is 0 Å². The minimum absolute atomic E-state index is 0.0215. The number of rotatable bonds is 6. The van der Waals surface area contributed by atoms with Crippen LogP contribution < -0.4 is 10.1 Å². The molecule has 0 spiro atoms. The van der Waals surface area contributed by atoms with E-state index in [1.54, 1.807) is 24.3 Å². The Morgan fingerprint density at radius 3 is 2.63 bits per heavy atom. The summed E-state index contributed by atoms with van der Waals surface area (Å²) >= 11 is 0. The molecule has 0 bridgehead atoms. The number of carbonyl (C=O) groups is 2. The van der Waals surface area contributed by atoms with Gasteiger partial charge in [0, 0.05) is 0 Å². The maximum atomic E-state index is 11.7. The number of amides is 1. The molecule has 2 atom stereocenters. The van der Waals surface area contributed by atoms with Crippen LogP contribution in [0.5, 0.6) is 5.75 Å². The second-order valence-electron chi connectivity index (χ2n) is 4.15. The third kappa shape index (κ3) is 4.59. The van der Waals surface area contributed by atoms with Crippen LogP contribution >= 0.6 is 0 Å². The van der Waals surface area contributed by atoms with Crippen molar-refractivity contribution in [1.29, 1.82) is 0 Å². The first-order valence-electron chi connectivity index (χ1n) is 5.77. The van der Waals surface area contributed by atoms with Gasteiger partial charge in [-0.25, -0.2) is 4.79 Å². The highest BCUT2D eigenvalue weighted by atomic mass is 16.5. The third-order valence-corrected chi connectivity index (χ3v) is 2.56. The fourth-order valence-electron chi connectivity index (χ4n) is 1.58. The van der Waals surface area contributed by atoms with Gasteiger partial charge in [0.2, 0.25) is 5.91 Å². The molecule has 6 heteroatoms. The van der Waals surface area contributed by atoms with E-state index in [4.69, 9.17) is 9.84 Å². The van der Waals surface area contributed by atoms with Crippen LogP contribution in [0.4, 0.5) is 0 Å². The first kappa shape index (κ1) is 15.0. The Kier molecular flexibility index (Phi) is 5.32. The molecular weight excluding hydrogens is 250 g/mol. The largest absolute Gasteiger partial charge is 0.497 e. The van der Waals surface area contributed by atoms with E-state index in [0.29, 0.717) is 11.3 Å². The summed E-state index contributed by atoms with van der Waals surface area (Å²) in [5.74, 6) is -1.12. The molecule has 0 aliphatic carbocycles. The second kappa shape index (κ2) is 6.75. The Hall–Kier alpha value is -2.08. The number of carbonyl (C=O) groups excluding carboxylic acids is 1. The van der Waals surface area contributed by atoms with Crippen LogP contribution in [-0.4, -0.2) is 41.3 Å². The summed E-state index contributed by atoms with van der Waals surface area (Å²) in [4.78, 5) is 22.5. The van der Waals surface area contributed by atoms with Crippen LogP contribution in [0.2, 0.25) is 0 Å². The number of ether oxygens (including phenoxy) is 1. The molecule has 0 aromatic heterocycles. The van der Waals surface area contributed by atoms with Gasteiger partial charge < -0.3 is 20.3 Å². The number of nitrogens with one attached hydrogen (secondary N) is 1. The van der Waals surface area contributed by atoms with Crippen molar-refractivity contribution < 1.29 is 24.5 Å². The molecule has 0 saturated heterocycles. The van der Waals surface area contributed by atoms with Crippen molar-refractivity contribution >= 4 is 11.9 Å². The van der Waals surface area contributed by atoms with Gasteiger partial charge in [-0.1, -0.05) is 12.1 Å². The molecule has 0 radical (unpaired) electrons. The molecule has 1 rings (SSSR count). The third-order valence-electron chi connectivity index (χ3n) is 2.56. The van der Waals surface area contributed by atoms with Crippen molar-refractivity contribution in [1.82, 2.24) is 5.32 Å². The number of aliphatic hydroxyl groups excluding tert-OH is 1. The summed E-state index contributed by atoms with van der Waals surface area (Å²) in [6.45, 7) is 1.31. The van der Waals surface area contributed by atoms with Gasteiger partial charge >= 0.3 is 5.97 Å². The lowest BCUT2D eigenvalue weighted by atomic mass is 10.1. The quantitative estimate of drug-likeness (QED) is 0.683. The standard InChI is InChI=1S/C13H17NO5/c1-8(15)12(13(17)18)14-11(16)7-9-4-3-5-10(6-9)19-2/h3-6,8,12,15H,7H2,1-2H3,(H,14,16)(H,17,18). The van der Waals surface area contributed by atoms with E-state index in [-0.39, 0.29) is 6.42 Å². The lowest BCUT2D eigenvalue weighted by molar-refractivity contribution is -0.144. The van der Waals surface area contributed by atoms with Crippen LogP contribution in [0, 0.1) is 0 Å². The van der Waals surface area contributed by atoms with Crippen molar-refractivity contribution in [2.24, 2.45) is 0 Å². The van der Waals surface area contributed by atoms with E-state index in [9.17, 15) is 14.7 Å². The van der Waals surface area contributed by atoms with E-state index in [0.717, 1.165) is 0 Å². The number of aliphatic hydroxyl groups is 1. The highest BCUT2D eigenvalue weighted by Crippen LogP contribution is 2.12. The molecule has 0 saturated carbocycles. The van der Waals surface area contributed by atoms with Crippen LogP contribution in [0.25, 0.3) is 0 Å². The topological polar surface area (TPSA) is 95.9 Å². The highest BCUT2D eigenvalue weighted by molar-refractivity contribution is 5.85. The molecule has 0 heterocycles. The second-order valence-corrected chi connectivity index (χ2v) is 4.15. The SMILES string of the molecule is COc1cccc(CC(=O)NC(C(=O)O)C(C)O)c1. The first-order chi connectivity index (χ1) is 8.93. The van der Waals surface area contributed by atoms with Crippen molar-refractivity contribution in [2.45, 2.75) is 25.5 Å². The minimum Gasteiger partial charge on any atom is -0.497 e. The van der Waals surface area contributed by atoms with E-state index in [1.807, 2.05) is 0 Å². The zero-order chi connectivity index (χ0) is 14.4. The maximum absolute atomic E-state index is 11.7. The summed E-state index contributed by atoms with van der Waals surface area (Å²) in [7, 11) is 1.52. The zero-order valence-electron chi connectivity index (χ0n) is 10.8. The zero-order valence-corrected chi connectivity index (χ0v) is 10.8. The molecule has 2 unspecified atom stereocenters. The number of hydrogen-bond acceptors (Lipinski definition) is 4. The lowest BCUT2D eigenvalue weighted by Crippen LogP contribution is -2.48. The van der Waals surface area contributed by atoms with Crippen LogP contribution in [0.1, 0.15) is 12.5 Å². The highest BCUT2D eigenvalue weighted by Gasteiger charge is 2.24. The fraction of sp³-hybridized carbons (Fsp3) is 0.385. The molecule has 3 N–H and O–H groups in total. The molecule has 1 aromatic rings. The molecule has 1 aromatic carbocycles. The van der Waals surface area contributed by atoms with E-state index in [1.165, 1.54) is 14.0 Å². The molecule has 0 aliphatic rings. The van der Waals surface area contributed by atoms with Gasteiger partial charge in [-0.05, 0) is 24.6 Å². The summed E-state index contributed by atoms with van der Waals surface area (Å²) in [5.41, 5.74) is 0.701. The molecule has 104 valence electrons. The van der Waals surface area contributed by atoms with E-state index in [2.05, 4.69) is 5.32 Å². The van der Waals surface area contributed by atoms with Gasteiger partial charge in [0.15, 0.2) is 6.04 Å². The normalized spacial score (nSPS) is 13.4. The monoisotopic (exact) mass is 267 g/mol. The van der Waals surface area contributed by atoms with Gasteiger partial charge in [0.05, 0.1) is 19.6 Å². The van der Waals surface area contributed by atoms with Gasteiger partial charge in [-0.15, -0.1) is 0 Å². The summed E-state index contributed by atoms with van der Waals surface area (Å²) in [6, 6.07) is 5.61. The maximum Gasteiger partial charge on any atom is 0.328 e. The Bertz CT molecular complexity index is 458. The van der Waals surface area contributed by atoms with Crippen LogP contribution in [0.3, 0.4) is 0 Å². The van der Waals surface area contributed by atoms with Crippen LogP contribution in [0.15, 0.2) is 24.3 Å². The predicted octanol–water partition coefficient (Wildman–Crippen LogP) is 0.188. The summed E-state index contributed by atoms with van der Waals surface area (Å²) in [6.07, 6.45) is -1.14. The number of aliphatic carboxylic acids is 1. The minimum atomic E-state index is -1.31. The Morgan fingerprint density at radius 1 is 1.42 bits per heavy atom. The van der Waals surface area contributed by atoms with Crippen molar-refractivity contribution in [3.8, 4) is 5.75 Å². The number of benzene rings is 1. The Balaban J connectivity index is 2.66. The summed E-state index contributed by atoms with van der Waals surface area (Å²) in [5, 5.41) is 20.4. The summed E-state index contributed by atoms with van der Waals surface area (Å²) < 4.78 is 5.03. The van der Waals surface area contributed by atoms with Gasteiger partial charge in [0.25, 0.3) is 0 Å². The average Bonchev–Trinajstić information content (AvgIpc) is 2.35. The molecule has 0 aliphatic heterocycles. The van der Waals surface area contributed by atoms with E-state index < -0.39 is 24.0 Å². The Morgan fingerprint density at radius 2 is 2.11 bits per heavy atom. The van der Waals surface area contributed by atoms with E-state index >= 15 is 0 Å². The smallest absolute Gasteiger partial charge is 0.328 e. The van der Waals surface area contributed by atoms with Crippen molar-refractivity contribution in [3.05, 3.63) is 29.8 Å². The fourth-order valence-corrected chi connectivity index (χ4v) is 1.58. The van der Waals surface area contributed by atoms with Crippen molar-refractivity contribution in [2.75, 3.05) is 7.11 Å². The molecule has 0 fully saturated rings. The average molecular weight is 267 g/mol. The number of carboxylic acid groups (broad SMARTS) is 1. The number of carboxylic acids is 1. The van der Waals surface area contributed by atoms with Gasteiger partial charge in [-0.2, -0.15) is 0 Å². The molecule has 6 nitrogen and oxygen atoms in total. The van der Waals surface area contributed by atoms with Crippen LogP contribution in [-0.2, 0) is 16.0 Å². The molecule has 19 heavy (non-hydrogen) atoms. The van der Waals surface area contributed by atoms with Gasteiger partial charge in [0.1, 0.15) is 5.75 Å². The molecular formula is C13H17NO5. The molecule has 1 amide bonds. The Labute approximate surface area is 111 Å². The van der Waals surface area contributed by atoms with Gasteiger partial charge in [-0.3, -0.25) is 4.79 Å². The predicted molar refractivity (Wildman–Crippen MR) is 67.9 cm³/mol. The number of hydrogen-bond donors (Lipinski definition) is 3. The lowest BCUT2D eigenvalue weighted by Gasteiger charge is -2.17. The number of methoxy groups -OCH3 is 1. The first-order valence-corrected chi connectivity index (χ1v) is 5.77.